The largest absolute Gasteiger partial charge is 0.477 e. The zero-order valence-corrected chi connectivity index (χ0v) is 13.4. The van der Waals surface area contributed by atoms with Gasteiger partial charge in [-0.05, 0) is 37.5 Å². The van der Waals surface area contributed by atoms with Gasteiger partial charge in [0.15, 0.2) is 5.13 Å². The summed E-state index contributed by atoms with van der Waals surface area (Å²) in [5.74, 6) is 0.122. The number of carboxylic acid groups (broad SMARTS) is 1. The maximum Gasteiger partial charge on any atom is 0.347 e. The number of carboxylic acids is 1. The highest BCUT2D eigenvalue weighted by Crippen LogP contribution is 2.33. The van der Waals surface area contributed by atoms with Crippen molar-refractivity contribution in [1.82, 2.24) is 4.98 Å². The normalized spacial score (nSPS) is 21.6. The molecule has 1 aromatic rings. The van der Waals surface area contributed by atoms with Gasteiger partial charge < -0.3 is 10.0 Å². The second-order valence-electron chi connectivity index (χ2n) is 5.85. The van der Waals surface area contributed by atoms with Gasteiger partial charge in [0, 0.05) is 13.1 Å². The molecule has 1 saturated heterocycles. The lowest BCUT2D eigenvalue weighted by Gasteiger charge is -2.19. The van der Waals surface area contributed by atoms with Crippen LogP contribution in [-0.2, 0) is 0 Å². The van der Waals surface area contributed by atoms with E-state index in [0.29, 0.717) is 4.88 Å². The molecule has 20 heavy (non-hydrogen) atoms. The number of carbonyl (C=O) groups is 1. The second kappa shape index (κ2) is 6.57. The minimum atomic E-state index is -0.841. The van der Waals surface area contributed by atoms with Crippen LogP contribution in [0, 0.1) is 5.92 Å². The first-order valence-electron chi connectivity index (χ1n) is 7.51. The van der Waals surface area contributed by atoms with Gasteiger partial charge in [0.1, 0.15) is 4.88 Å². The van der Waals surface area contributed by atoms with Crippen molar-refractivity contribution in [2.45, 2.75) is 52.4 Å². The lowest BCUT2D eigenvalue weighted by molar-refractivity contribution is 0.0700. The molecule has 1 N–H and O–H groups in total. The number of aromatic nitrogens is 1. The molecule has 0 aliphatic carbocycles. The minimum absolute atomic E-state index is 0.206. The molecule has 2 atom stereocenters. The molecule has 2 rings (SSSR count). The Labute approximate surface area is 124 Å². The molecular weight excluding hydrogens is 272 g/mol. The van der Waals surface area contributed by atoms with Crippen LogP contribution < -0.4 is 4.90 Å². The highest BCUT2D eigenvalue weighted by atomic mass is 32.1. The molecule has 0 radical (unpaired) electrons. The predicted octanol–water partition coefficient (Wildman–Crippen LogP) is 3.98. The summed E-state index contributed by atoms with van der Waals surface area (Å²) in [4.78, 5) is 18.8. The van der Waals surface area contributed by atoms with Crippen molar-refractivity contribution in [1.29, 1.82) is 0 Å². The predicted molar refractivity (Wildman–Crippen MR) is 83.0 cm³/mol. The summed E-state index contributed by atoms with van der Waals surface area (Å²) < 4.78 is 0. The lowest BCUT2D eigenvalue weighted by atomic mass is 10.0. The molecule has 0 spiro atoms. The summed E-state index contributed by atoms with van der Waals surface area (Å²) in [6.45, 7) is 8.40. The van der Waals surface area contributed by atoms with Gasteiger partial charge in [-0.15, -0.1) is 0 Å². The molecule has 5 heteroatoms. The highest BCUT2D eigenvalue weighted by Gasteiger charge is 2.24. The first-order valence-corrected chi connectivity index (χ1v) is 8.33. The standard InChI is InChI=1S/C15H24N2O2S/c1-4-11(3)12-13(14(18)19)20-15(16-12)17-8-5-6-10(2)7-9-17/h10-11H,4-9H2,1-3H3,(H,18,19). The van der Waals surface area contributed by atoms with Gasteiger partial charge >= 0.3 is 5.97 Å². The molecule has 1 aliphatic rings. The summed E-state index contributed by atoms with van der Waals surface area (Å²) in [7, 11) is 0. The van der Waals surface area contributed by atoms with E-state index in [9.17, 15) is 9.90 Å². The van der Waals surface area contributed by atoms with E-state index in [-0.39, 0.29) is 5.92 Å². The van der Waals surface area contributed by atoms with Crippen LogP contribution in [0.5, 0.6) is 0 Å². The average Bonchev–Trinajstić information content (AvgIpc) is 2.76. The molecule has 0 bridgehead atoms. The quantitative estimate of drug-likeness (QED) is 0.913. The van der Waals surface area contributed by atoms with E-state index in [1.54, 1.807) is 0 Å². The van der Waals surface area contributed by atoms with Crippen LogP contribution >= 0.6 is 11.3 Å². The third-order valence-corrected chi connectivity index (χ3v) is 5.32. The van der Waals surface area contributed by atoms with E-state index in [4.69, 9.17) is 0 Å². The van der Waals surface area contributed by atoms with E-state index >= 15 is 0 Å². The molecule has 0 saturated carbocycles. The second-order valence-corrected chi connectivity index (χ2v) is 6.83. The smallest absolute Gasteiger partial charge is 0.347 e. The molecule has 0 amide bonds. The summed E-state index contributed by atoms with van der Waals surface area (Å²) in [5.41, 5.74) is 0.761. The van der Waals surface area contributed by atoms with E-state index in [1.807, 2.05) is 0 Å². The highest BCUT2D eigenvalue weighted by molar-refractivity contribution is 7.17. The van der Waals surface area contributed by atoms with E-state index in [1.165, 1.54) is 30.6 Å². The van der Waals surface area contributed by atoms with Gasteiger partial charge in [0.05, 0.1) is 5.69 Å². The SMILES string of the molecule is CCC(C)c1nc(N2CCCC(C)CC2)sc1C(=O)O. The molecule has 0 aromatic carbocycles. The molecular formula is C15H24N2O2S. The monoisotopic (exact) mass is 296 g/mol. The van der Waals surface area contributed by atoms with Gasteiger partial charge in [-0.25, -0.2) is 9.78 Å². The lowest BCUT2D eigenvalue weighted by Crippen LogP contribution is -2.24. The number of aromatic carboxylic acids is 1. The third kappa shape index (κ3) is 3.32. The first kappa shape index (κ1) is 15.3. The molecule has 112 valence electrons. The van der Waals surface area contributed by atoms with Crippen molar-refractivity contribution in [3.63, 3.8) is 0 Å². The van der Waals surface area contributed by atoms with Crippen LogP contribution in [0.15, 0.2) is 0 Å². The number of rotatable bonds is 4. The van der Waals surface area contributed by atoms with E-state index < -0.39 is 5.97 Å². The Kier molecular flexibility index (Phi) is 5.02. The minimum Gasteiger partial charge on any atom is -0.477 e. The number of nitrogens with zero attached hydrogens (tertiary/aromatic N) is 2. The van der Waals surface area contributed by atoms with Gasteiger partial charge in [0.2, 0.25) is 0 Å². The van der Waals surface area contributed by atoms with E-state index in [0.717, 1.165) is 36.3 Å². The average molecular weight is 296 g/mol. The van der Waals surface area contributed by atoms with Crippen LogP contribution in [0.1, 0.15) is 67.7 Å². The topological polar surface area (TPSA) is 53.4 Å². The van der Waals surface area contributed by atoms with Gasteiger partial charge in [-0.3, -0.25) is 0 Å². The van der Waals surface area contributed by atoms with Crippen molar-refractivity contribution in [3.05, 3.63) is 10.6 Å². The Bertz CT molecular complexity index is 472. The van der Waals surface area contributed by atoms with E-state index in [2.05, 4.69) is 30.7 Å². The van der Waals surface area contributed by atoms with Crippen LogP contribution in [0.4, 0.5) is 5.13 Å². The van der Waals surface area contributed by atoms with Crippen LogP contribution in [0.2, 0.25) is 0 Å². The number of thiazole rings is 1. The molecule has 1 fully saturated rings. The fourth-order valence-corrected chi connectivity index (χ4v) is 3.67. The Morgan fingerprint density at radius 1 is 1.50 bits per heavy atom. The molecule has 1 aromatic heterocycles. The molecule has 1 aliphatic heterocycles. The molecule has 2 heterocycles. The summed E-state index contributed by atoms with van der Waals surface area (Å²) in [6.07, 6.45) is 4.51. The van der Waals surface area contributed by atoms with Gasteiger partial charge in [-0.1, -0.05) is 32.1 Å². The molecule has 2 unspecified atom stereocenters. The van der Waals surface area contributed by atoms with Crippen molar-refractivity contribution in [2.75, 3.05) is 18.0 Å². The van der Waals surface area contributed by atoms with Crippen LogP contribution in [0.3, 0.4) is 0 Å². The summed E-state index contributed by atoms with van der Waals surface area (Å²) in [6, 6.07) is 0. The fourth-order valence-electron chi connectivity index (χ4n) is 2.59. The Morgan fingerprint density at radius 2 is 2.25 bits per heavy atom. The number of hydrogen-bond donors (Lipinski definition) is 1. The first-order chi connectivity index (χ1) is 9.52. The molecule has 4 nitrogen and oxygen atoms in total. The fraction of sp³-hybridized carbons (Fsp3) is 0.733. The van der Waals surface area contributed by atoms with Crippen molar-refractivity contribution >= 4 is 22.4 Å². The van der Waals surface area contributed by atoms with Gasteiger partial charge in [0.25, 0.3) is 0 Å². The maximum atomic E-state index is 11.4. The van der Waals surface area contributed by atoms with Crippen LogP contribution in [-0.4, -0.2) is 29.1 Å². The van der Waals surface area contributed by atoms with Crippen molar-refractivity contribution in [2.24, 2.45) is 5.92 Å². The summed E-state index contributed by atoms with van der Waals surface area (Å²) in [5, 5.41) is 10.3. The van der Waals surface area contributed by atoms with Crippen molar-refractivity contribution < 1.29 is 9.90 Å². The Balaban J connectivity index is 2.25. The van der Waals surface area contributed by atoms with Gasteiger partial charge in [-0.2, -0.15) is 0 Å². The zero-order valence-electron chi connectivity index (χ0n) is 12.6. The third-order valence-electron chi connectivity index (χ3n) is 4.20. The number of hydrogen-bond acceptors (Lipinski definition) is 4. The Morgan fingerprint density at radius 3 is 2.90 bits per heavy atom. The Hall–Kier alpha value is -1.10. The van der Waals surface area contributed by atoms with Crippen LogP contribution in [0.25, 0.3) is 0 Å². The maximum absolute atomic E-state index is 11.4. The van der Waals surface area contributed by atoms with Crippen molar-refractivity contribution in [3.8, 4) is 0 Å². The summed E-state index contributed by atoms with van der Waals surface area (Å²) >= 11 is 1.34. The number of anilines is 1. The zero-order chi connectivity index (χ0) is 14.7.